The second-order valence-electron chi connectivity index (χ2n) is 31.4. The van der Waals surface area contributed by atoms with Gasteiger partial charge in [-0.05, 0) is 240 Å². The number of amides is 5. The van der Waals surface area contributed by atoms with Crippen LogP contribution >= 0.6 is 0 Å². The van der Waals surface area contributed by atoms with Gasteiger partial charge < -0.3 is 51.7 Å². The molecule has 8 saturated carbocycles. The van der Waals surface area contributed by atoms with Gasteiger partial charge in [-0.3, -0.25) is 19.2 Å². The van der Waals surface area contributed by atoms with Gasteiger partial charge in [0.15, 0.2) is 0 Å². The molecule has 15 nitrogen and oxygen atoms in total. The third-order valence-electron chi connectivity index (χ3n) is 25.7. The lowest BCUT2D eigenvalue weighted by Gasteiger charge is -2.63. The molecule has 2 aromatic rings. The second kappa shape index (κ2) is 25.9. The van der Waals surface area contributed by atoms with Crippen molar-refractivity contribution >= 4 is 46.2 Å². The standard InChI is InChI=1S/C71H109N5O10/c1-41(49-23-25-51-64-53(39-58(79)70(49,51)8)69(7)32-30-47(36-45(69)38-56(64)77)75-62(83)20-14-34-73-66(85)86-67(3,4)5)21-27-60(81)72-33-13-19-61(82)74-46-29-31-68(6)44(35-46)37-57(78)65-52-26-24-50(71(52,9)59(80)40-54(65)68)42(2)22-28-63(84)76-55-18-12-16-43-15-10-11-17-48(43)55/h10-12,15-18,41-42,44-47,49-54,56-59,64-65,77-80H,13-14,19-40H2,1-9H3,(H,72,81)(H,73,85)(H,74,82)(H,75,83)(H,76,84)/t41-,42-,44+,45+,46-,47-,49-,50-,51+,52+,53+,54+,56-,57-,58+,59+,64+,65+,68+,69+,70-,71-/m1/s1. The van der Waals surface area contributed by atoms with Crippen LogP contribution in [0.5, 0.6) is 0 Å². The van der Waals surface area contributed by atoms with Gasteiger partial charge in [-0.2, -0.15) is 0 Å². The lowest BCUT2D eigenvalue weighted by Crippen LogP contribution is -2.63. The van der Waals surface area contributed by atoms with Crippen LogP contribution in [0.2, 0.25) is 0 Å². The Kier molecular flexibility index (Phi) is 19.5. The van der Waals surface area contributed by atoms with E-state index < -0.39 is 36.1 Å². The number of aliphatic hydroxyl groups is 4. The van der Waals surface area contributed by atoms with Crippen molar-refractivity contribution in [2.45, 2.75) is 246 Å². The van der Waals surface area contributed by atoms with Crippen LogP contribution in [-0.2, 0) is 23.9 Å². The predicted molar refractivity (Wildman–Crippen MR) is 335 cm³/mol. The molecule has 8 aliphatic rings. The van der Waals surface area contributed by atoms with E-state index in [0.717, 1.165) is 87.1 Å². The zero-order valence-electron chi connectivity index (χ0n) is 53.6. The highest BCUT2D eigenvalue weighted by Crippen LogP contribution is 2.70. The molecule has 478 valence electrons. The van der Waals surface area contributed by atoms with Gasteiger partial charge in [0.2, 0.25) is 23.6 Å². The zero-order chi connectivity index (χ0) is 61.7. The number of ether oxygens (including phenoxy) is 1. The molecule has 0 bridgehead atoms. The van der Waals surface area contributed by atoms with Gasteiger partial charge in [0.05, 0.1) is 24.4 Å². The molecule has 22 atom stereocenters. The Morgan fingerprint density at radius 3 is 1.55 bits per heavy atom. The summed E-state index contributed by atoms with van der Waals surface area (Å²) in [5.41, 5.74) is -0.488. The third-order valence-corrected chi connectivity index (χ3v) is 25.7. The second-order valence-corrected chi connectivity index (χ2v) is 31.4. The van der Waals surface area contributed by atoms with Gasteiger partial charge >= 0.3 is 6.09 Å². The molecule has 0 spiro atoms. The molecule has 0 saturated heterocycles. The van der Waals surface area contributed by atoms with Crippen LogP contribution in [0.3, 0.4) is 0 Å². The first-order chi connectivity index (χ1) is 40.7. The van der Waals surface area contributed by atoms with Gasteiger partial charge in [-0.1, -0.05) is 77.9 Å². The number of nitrogens with one attached hydrogen (secondary N) is 5. The molecular formula is C71H109N5O10. The molecule has 0 aliphatic heterocycles. The number of carbonyl (C=O) groups is 5. The first kappa shape index (κ1) is 64.7. The maximum absolute atomic E-state index is 13.5. The summed E-state index contributed by atoms with van der Waals surface area (Å²) < 4.78 is 5.30. The fourth-order valence-corrected chi connectivity index (χ4v) is 21.2. The van der Waals surface area contributed by atoms with Crippen molar-refractivity contribution in [3.63, 3.8) is 0 Å². The molecule has 5 amide bonds. The van der Waals surface area contributed by atoms with Crippen LogP contribution in [0.15, 0.2) is 42.5 Å². The number of alkyl carbamates (subject to hydrolysis) is 1. The summed E-state index contributed by atoms with van der Waals surface area (Å²) in [5, 5.41) is 66.4. The highest BCUT2D eigenvalue weighted by Gasteiger charge is 2.68. The van der Waals surface area contributed by atoms with Crippen molar-refractivity contribution < 1.29 is 49.1 Å². The maximum atomic E-state index is 13.5. The number of carbonyl (C=O) groups excluding carboxylic acids is 5. The average molecular weight is 1190 g/mol. The van der Waals surface area contributed by atoms with Gasteiger partial charge in [0, 0.05) is 61.9 Å². The van der Waals surface area contributed by atoms with Crippen molar-refractivity contribution in [1.29, 1.82) is 0 Å². The van der Waals surface area contributed by atoms with Gasteiger partial charge in [0.1, 0.15) is 5.60 Å². The fraction of sp³-hybridized carbons (Fsp3) is 0.789. The van der Waals surface area contributed by atoms with Gasteiger partial charge in [-0.15, -0.1) is 0 Å². The Morgan fingerprint density at radius 2 is 1.03 bits per heavy atom. The van der Waals surface area contributed by atoms with Crippen molar-refractivity contribution in [2.75, 3.05) is 18.4 Å². The summed E-state index contributed by atoms with van der Waals surface area (Å²) in [4.78, 5) is 65.1. The number of fused-ring (bicyclic) bond motifs is 11. The van der Waals surface area contributed by atoms with E-state index in [1.54, 1.807) is 0 Å². The Balaban J connectivity index is 0.630. The summed E-state index contributed by atoms with van der Waals surface area (Å²) in [6.07, 6.45) is 13.5. The minimum atomic E-state index is -0.579. The number of anilines is 1. The Hall–Kier alpha value is -4.31. The largest absolute Gasteiger partial charge is 0.444 e. The number of hydrogen-bond donors (Lipinski definition) is 9. The van der Waals surface area contributed by atoms with Crippen molar-refractivity contribution in [3.8, 4) is 0 Å². The first-order valence-electron chi connectivity index (χ1n) is 34.1. The van der Waals surface area contributed by atoms with Crippen LogP contribution in [-0.4, -0.2) is 105 Å². The molecule has 0 unspecified atom stereocenters. The third kappa shape index (κ3) is 12.9. The quantitative estimate of drug-likeness (QED) is 0.0604. The Bertz CT molecular complexity index is 2750. The highest BCUT2D eigenvalue weighted by atomic mass is 16.6. The van der Waals surface area contributed by atoms with E-state index in [9.17, 15) is 44.4 Å². The van der Waals surface area contributed by atoms with Crippen LogP contribution in [0, 0.1) is 92.7 Å². The molecule has 0 aromatic heterocycles. The number of aliphatic hydroxyl groups excluding tert-OH is 4. The molecule has 8 aliphatic carbocycles. The summed E-state index contributed by atoms with van der Waals surface area (Å²) in [5.74, 6) is 2.48. The molecule has 2 aromatic carbocycles. The minimum absolute atomic E-state index is 0.00234. The van der Waals surface area contributed by atoms with E-state index in [-0.39, 0.29) is 128 Å². The summed E-state index contributed by atoms with van der Waals surface area (Å²) in [6, 6.07) is 14.1. The molecule has 0 heterocycles. The highest BCUT2D eigenvalue weighted by molar-refractivity contribution is 6.02. The molecule has 15 heteroatoms. The number of benzene rings is 2. The molecule has 9 N–H and O–H groups in total. The van der Waals surface area contributed by atoms with E-state index in [0.29, 0.717) is 83.7 Å². The monoisotopic (exact) mass is 1190 g/mol. The molecular weight excluding hydrogens is 1080 g/mol. The van der Waals surface area contributed by atoms with E-state index in [1.165, 1.54) is 0 Å². The van der Waals surface area contributed by atoms with Crippen molar-refractivity contribution in [2.24, 2.45) is 92.7 Å². The minimum Gasteiger partial charge on any atom is -0.444 e. The predicted octanol–water partition coefficient (Wildman–Crippen LogP) is 11.0. The number of rotatable bonds is 19. The number of hydrogen-bond acceptors (Lipinski definition) is 10. The van der Waals surface area contributed by atoms with E-state index in [2.05, 4.69) is 80.3 Å². The Morgan fingerprint density at radius 1 is 0.558 bits per heavy atom. The van der Waals surface area contributed by atoms with Crippen molar-refractivity contribution in [1.82, 2.24) is 21.3 Å². The zero-order valence-corrected chi connectivity index (χ0v) is 53.6. The van der Waals surface area contributed by atoms with Crippen LogP contribution in [0.4, 0.5) is 10.5 Å². The molecule has 86 heavy (non-hydrogen) atoms. The van der Waals surface area contributed by atoms with E-state index in [4.69, 9.17) is 4.74 Å². The summed E-state index contributed by atoms with van der Waals surface area (Å²) >= 11 is 0. The lowest BCUT2D eigenvalue weighted by atomic mass is 9.43. The first-order valence-corrected chi connectivity index (χ1v) is 34.1. The average Bonchev–Trinajstić information content (AvgIpc) is 1.31. The van der Waals surface area contributed by atoms with Gasteiger partial charge in [0.25, 0.3) is 0 Å². The summed E-state index contributed by atoms with van der Waals surface area (Å²) in [7, 11) is 0. The topological polar surface area (TPSA) is 236 Å². The smallest absolute Gasteiger partial charge is 0.407 e. The van der Waals surface area contributed by atoms with Gasteiger partial charge in [-0.25, -0.2) is 4.79 Å². The normalized spacial score (nSPS) is 39.6. The van der Waals surface area contributed by atoms with Crippen molar-refractivity contribution in [3.05, 3.63) is 42.5 Å². The lowest BCUT2D eigenvalue weighted by molar-refractivity contribution is -0.202. The molecule has 10 rings (SSSR count). The van der Waals surface area contributed by atoms with Crippen LogP contribution in [0.25, 0.3) is 10.8 Å². The van der Waals surface area contributed by atoms with Crippen LogP contribution in [0.1, 0.15) is 204 Å². The fourth-order valence-electron chi connectivity index (χ4n) is 21.2. The van der Waals surface area contributed by atoms with Crippen LogP contribution < -0.4 is 26.6 Å². The SMILES string of the molecule is C[C@H](CCC(=O)NCCCC(=O)N[C@@H]1CC[C@@]2(C)[C@@H](C1)C[C@@H](O)[C@@H]1[C@@H]2C[C@H](O)[C@]2(C)[C@@H]([C@H](C)CCC(=O)Nc3cccc4ccccc34)CC[C@@H]12)[C@H]1CC[C@H]2[C@@H]3[C@H](O)C[C@@H]4C[C@H](NC(=O)CCCNC(=O)OC(C)(C)C)CC[C@]4(C)[C@H]3C[C@H](O)[C@]12C. The Labute approximate surface area is 513 Å². The van der Waals surface area contributed by atoms with E-state index in [1.807, 2.05) is 51.1 Å². The maximum Gasteiger partial charge on any atom is 0.407 e. The summed E-state index contributed by atoms with van der Waals surface area (Å²) in [6.45, 7) is 20.0. The molecule has 0 radical (unpaired) electrons. The van der Waals surface area contributed by atoms with E-state index >= 15 is 0 Å². The molecule has 8 fully saturated rings.